The maximum Gasteiger partial charge on any atom is 0.239 e. The lowest BCUT2D eigenvalue weighted by atomic mass is 10.0. The summed E-state index contributed by atoms with van der Waals surface area (Å²) in [7, 11) is 0. The van der Waals surface area contributed by atoms with Gasteiger partial charge in [-0.05, 0) is 35.4 Å². The number of benzene rings is 3. The van der Waals surface area contributed by atoms with E-state index in [0.29, 0.717) is 13.1 Å². The van der Waals surface area contributed by atoms with Gasteiger partial charge in [-0.3, -0.25) is 9.59 Å². The fourth-order valence-corrected chi connectivity index (χ4v) is 3.71. The van der Waals surface area contributed by atoms with Crippen LogP contribution in [0.25, 0.3) is 21.8 Å². The van der Waals surface area contributed by atoms with Gasteiger partial charge in [-0.25, -0.2) is 4.98 Å². The molecular formula is C24H24N4O2. The summed E-state index contributed by atoms with van der Waals surface area (Å²) in [6.45, 7) is 3.02. The lowest BCUT2D eigenvalue weighted by Crippen LogP contribution is -2.38. The fraction of sp³-hybridized carbons (Fsp3) is 0.208. The molecule has 0 spiro atoms. The fourth-order valence-electron chi connectivity index (χ4n) is 3.71. The molecule has 6 nitrogen and oxygen atoms in total. The van der Waals surface area contributed by atoms with Crippen LogP contribution in [0.15, 0.2) is 66.7 Å². The van der Waals surface area contributed by atoms with Crippen molar-refractivity contribution in [2.45, 2.75) is 19.9 Å². The first-order chi connectivity index (χ1) is 14.6. The Morgan fingerprint density at radius 3 is 2.57 bits per heavy atom. The van der Waals surface area contributed by atoms with Gasteiger partial charge in [-0.1, -0.05) is 54.6 Å². The molecule has 0 unspecified atom stereocenters. The normalized spacial score (nSPS) is 11.0. The molecule has 2 amide bonds. The summed E-state index contributed by atoms with van der Waals surface area (Å²) in [5.74, 6) is 0.537. The van der Waals surface area contributed by atoms with Gasteiger partial charge < -0.3 is 15.2 Å². The van der Waals surface area contributed by atoms with E-state index in [9.17, 15) is 9.59 Å². The number of carbonyl (C=O) groups excluding carboxylic acids is 2. The second-order valence-electron chi connectivity index (χ2n) is 7.24. The Morgan fingerprint density at radius 1 is 0.900 bits per heavy atom. The van der Waals surface area contributed by atoms with E-state index in [-0.39, 0.29) is 24.8 Å². The van der Waals surface area contributed by atoms with Crippen molar-refractivity contribution in [3.05, 3.63) is 78.1 Å². The topological polar surface area (TPSA) is 76.0 Å². The van der Waals surface area contributed by atoms with Crippen LogP contribution in [-0.4, -0.2) is 34.5 Å². The average Bonchev–Trinajstić information content (AvgIpc) is 3.08. The minimum atomic E-state index is -0.205. The van der Waals surface area contributed by atoms with Gasteiger partial charge in [0, 0.05) is 13.1 Å². The first-order valence-corrected chi connectivity index (χ1v) is 10.0. The molecule has 0 radical (unpaired) electrons. The van der Waals surface area contributed by atoms with Crippen molar-refractivity contribution in [1.29, 1.82) is 0 Å². The zero-order valence-electron chi connectivity index (χ0n) is 16.9. The molecule has 0 saturated heterocycles. The number of amides is 2. The molecule has 0 aliphatic carbocycles. The molecule has 1 heterocycles. The third-order valence-electron chi connectivity index (χ3n) is 5.18. The molecule has 3 aromatic carbocycles. The first kappa shape index (κ1) is 19.6. The molecule has 0 saturated carbocycles. The van der Waals surface area contributed by atoms with Gasteiger partial charge in [0.05, 0.1) is 24.0 Å². The highest BCUT2D eigenvalue weighted by atomic mass is 16.2. The number of nitrogens with zero attached hydrogens (tertiary/aromatic N) is 2. The standard InChI is InChI=1S/C24H24N4O2/c1-17-27-21-11-4-5-12-22(21)28(17)14-13-25-24(30)16-26-23(29)15-19-9-6-8-18-7-2-3-10-20(18)19/h2-12H,13-16H2,1H3,(H,25,30)(H,26,29). The monoisotopic (exact) mass is 400 g/mol. The second-order valence-corrected chi connectivity index (χ2v) is 7.24. The van der Waals surface area contributed by atoms with Gasteiger partial charge in [0.15, 0.2) is 0 Å². The Hall–Kier alpha value is -3.67. The number of para-hydroxylation sites is 2. The smallest absolute Gasteiger partial charge is 0.239 e. The van der Waals surface area contributed by atoms with Crippen LogP contribution in [-0.2, 0) is 22.6 Å². The summed E-state index contributed by atoms with van der Waals surface area (Å²) < 4.78 is 2.08. The van der Waals surface area contributed by atoms with Crippen molar-refractivity contribution >= 4 is 33.6 Å². The van der Waals surface area contributed by atoms with Crippen LogP contribution >= 0.6 is 0 Å². The van der Waals surface area contributed by atoms with Gasteiger partial charge in [-0.2, -0.15) is 0 Å². The Kier molecular flexibility index (Phi) is 5.75. The molecule has 0 atom stereocenters. The Labute approximate surface area is 174 Å². The molecule has 0 aliphatic rings. The van der Waals surface area contributed by atoms with E-state index in [1.54, 1.807) is 0 Å². The van der Waals surface area contributed by atoms with Crippen molar-refractivity contribution in [2.75, 3.05) is 13.1 Å². The third-order valence-corrected chi connectivity index (χ3v) is 5.18. The third kappa shape index (κ3) is 4.33. The number of carbonyl (C=O) groups is 2. The molecule has 0 fully saturated rings. The number of rotatable bonds is 7. The molecule has 0 bridgehead atoms. The number of aryl methyl sites for hydroxylation is 1. The molecular weight excluding hydrogens is 376 g/mol. The Morgan fingerprint density at radius 2 is 1.67 bits per heavy atom. The number of hydrogen-bond donors (Lipinski definition) is 2. The van der Waals surface area contributed by atoms with Crippen LogP contribution in [0, 0.1) is 6.92 Å². The number of nitrogens with one attached hydrogen (secondary N) is 2. The lowest BCUT2D eigenvalue weighted by Gasteiger charge is -2.10. The maximum atomic E-state index is 12.3. The number of fused-ring (bicyclic) bond motifs is 2. The Bertz CT molecular complexity index is 1210. The number of aromatic nitrogens is 2. The maximum absolute atomic E-state index is 12.3. The highest BCUT2D eigenvalue weighted by Gasteiger charge is 2.10. The van der Waals surface area contributed by atoms with Gasteiger partial charge in [0.1, 0.15) is 5.82 Å². The van der Waals surface area contributed by atoms with Crippen molar-refractivity contribution in [3.8, 4) is 0 Å². The second kappa shape index (κ2) is 8.78. The van der Waals surface area contributed by atoms with Crippen molar-refractivity contribution < 1.29 is 9.59 Å². The van der Waals surface area contributed by atoms with Crippen LogP contribution in [0.2, 0.25) is 0 Å². The van der Waals surface area contributed by atoms with Gasteiger partial charge in [0.25, 0.3) is 0 Å². The lowest BCUT2D eigenvalue weighted by molar-refractivity contribution is -0.125. The zero-order chi connectivity index (χ0) is 20.9. The highest BCUT2D eigenvalue weighted by molar-refractivity contribution is 5.91. The first-order valence-electron chi connectivity index (χ1n) is 10.0. The Balaban J connectivity index is 1.26. The van der Waals surface area contributed by atoms with Crippen LogP contribution in [0.3, 0.4) is 0 Å². The summed E-state index contributed by atoms with van der Waals surface area (Å²) in [6.07, 6.45) is 0.245. The van der Waals surface area contributed by atoms with E-state index in [2.05, 4.69) is 20.2 Å². The largest absolute Gasteiger partial charge is 0.353 e. The van der Waals surface area contributed by atoms with E-state index < -0.39 is 0 Å². The van der Waals surface area contributed by atoms with E-state index in [1.807, 2.05) is 73.7 Å². The predicted octanol–water partition coefficient (Wildman–Crippen LogP) is 2.97. The molecule has 4 aromatic rings. The quantitative estimate of drug-likeness (QED) is 0.501. The molecule has 1 aromatic heterocycles. The summed E-state index contributed by atoms with van der Waals surface area (Å²) >= 11 is 0. The van der Waals surface area contributed by atoms with Crippen molar-refractivity contribution in [3.63, 3.8) is 0 Å². The summed E-state index contributed by atoms with van der Waals surface area (Å²) in [5.41, 5.74) is 2.95. The van der Waals surface area contributed by atoms with Crippen LogP contribution in [0.4, 0.5) is 0 Å². The molecule has 0 aliphatic heterocycles. The molecule has 152 valence electrons. The minimum absolute atomic E-state index is 0.0345. The van der Waals surface area contributed by atoms with Gasteiger partial charge in [0.2, 0.25) is 11.8 Å². The van der Waals surface area contributed by atoms with Crippen LogP contribution in [0.1, 0.15) is 11.4 Å². The summed E-state index contributed by atoms with van der Waals surface area (Å²) in [6, 6.07) is 21.8. The van der Waals surface area contributed by atoms with E-state index in [4.69, 9.17) is 0 Å². The van der Waals surface area contributed by atoms with E-state index in [0.717, 1.165) is 33.2 Å². The SMILES string of the molecule is Cc1nc2ccccc2n1CCNC(=O)CNC(=O)Cc1cccc2ccccc12. The van der Waals surface area contributed by atoms with Crippen LogP contribution in [0.5, 0.6) is 0 Å². The van der Waals surface area contributed by atoms with Crippen molar-refractivity contribution in [2.24, 2.45) is 0 Å². The number of imidazole rings is 1. The number of hydrogen-bond acceptors (Lipinski definition) is 3. The summed E-state index contributed by atoms with van der Waals surface area (Å²) in [5, 5.41) is 7.73. The average molecular weight is 400 g/mol. The van der Waals surface area contributed by atoms with E-state index in [1.165, 1.54) is 0 Å². The van der Waals surface area contributed by atoms with Crippen molar-refractivity contribution in [1.82, 2.24) is 20.2 Å². The zero-order valence-corrected chi connectivity index (χ0v) is 16.9. The van der Waals surface area contributed by atoms with E-state index >= 15 is 0 Å². The molecule has 2 N–H and O–H groups in total. The van der Waals surface area contributed by atoms with Gasteiger partial charge >= 0.3 is 0 Å². The molecule has 30 heavy (non-hydrogen) atoms. The summed E-state index contributed by atoms with van der Waals surface area (Å²) in [4.78, 5) is 29.0. The highest BCUT2D eigenvalue weighted by Crippen LogP contribution is 2.18. The van der Waals surface area contributed by atoms with Crippen LogP contribution < -0.4 is 10.6 Å². The minimum Gasteiger partial charge on any atom is -0.353 e. The van der Waals surface area contributed by atoms with Gasteiger partial charge in [-0.15, -0.1) is 0 Å². The molecule has 4 rings (SSSR count). The molecule has 6 heteroatoms. The predicted molar refractivity (Wildman–Crippen MR) is 118 cm³/mol.